The Bertz CT molecular complexity index is 2090. The van der Waals surface area contributed by atoms with E-state index in [2.05, 4.69) is 22.6 Å². The Balaban J connectivity index is 1.39. The first-order chi connectivity index (χ1) is 27.7. The SMILES string of the molecule is CCCCOP(=O)(CC)Oc1ccc(-c2ccc(Cl)c(OP(=O)(CC)Oc3cc(CCCCOP(=O)(CCCCCI)Oc4ccccc4Cl)ccc3Cl)c2)cc1Cl. The lowest BCUT2D eigenvalue weighted by atomic mass is 10.1. The van der Waals surface area contributed by atoms with Crippen LogP contribution in [-0.2, 0) is 29.2 Å². The summed E-state index contributed by atoms with van der Waals surface area (Å²) in [6.45, 7) is 6.02. The van der Waals surface area contributed by atoms with Gasteiger partial charge >= 0.3 is 22.8 Å². The normalized spacial score (nSPS) is 14.6. The van der Waals surface area contributed by atoms with E-state index in [0.717, 1.165) is 42.1 Å². The Morgan fingerprint density at radius 3 is 1.76 bits per heavy atom. The third-order valence-electron chi connectivity index (χ3n) is 8.75. The van der Waals surface area contributed by atoms with Crippen molar-refractivity contribution in [1.29, 1.82) is 0 Å². The van der Waals surface area contributed by atoms with Crippen LogP contribution >= 0.6 is 91.8 Å². The van der Waals surface area contributed by atoms with Crippen LogP contribution in [0, 0.1) is 0 Å². The molecule has 0 spiro atoms. The van der Waals surface area contributed by atoms with Gasteiger partial charge in [0.05, 0.1) is 51.8 Å². The highest BCUT2D eigenvalue weighted by atomic mass is 127. The predicted octanol–water partition coefficient (Wildman–Crippen LogP) is 16.3. The maximum atomic E-state index is 14.1. The number of para-hydroxylation sites is 1. The van der Waals surface area contributed by atoms with Crippen molar-refractivity contribution in [3.8, 4) is 34.1 Å². The molecule has 0 amide bonds. The number of rotatable bonds is 26. The summed E-state index contributed by atoms with van der Waals surface area (Å²) in [6, 6.07) is 22.3. The molecule has 17 heteroatoms. The minimum Gasteiger partial charge on any atom is -0.423 e. The second kappa shape index (κ2) is 24.3. The Hall–Kier alpha value is -1.42. The second-order valence-electron chi connectivity index (χ2n) is 13.3. The summed E-state index contributed by atoms with van der Waals surface area (Å²) in [4.78, 5) is 0. The molecule has 0 aliphatic heterocycles. The van der Waals surface area contributed by atoms with Crippen molar-refractivity contribution in [1.82, 2.24) is 0 Å². The van der Waals surface area contributed by atoms with Crippen LogP contribution in [0.25, 0.3) is 11.1 Å². The molecule has 4 aromatic rings. The lowest BCUT2D eigenvalue weighted by Gasteiger charge is -2.21. The zero-order chi connectivity index (χ0) is 42.2. The molecular formula is C41H50Cl4IO9P3. The van der Waals surface area contributed by atoms with E-state index < -0.39 is 22.8 Å². The molecule has 0 radical (unpaired) electrons. The van der Waals surface area contributed by atoms with Gasteiger partial charge in [-0.05, 0) is 108 Å². The highest BCUT2D eigenvalue weighted by Crippen LogP contribution is 2.53. The van der Waals surface area contributed by atoms with E-state index in [1.165, 1.54) is 0 Å². The molecule has 0 aliphatic carbocycles. The van der Waals surface area contributed by atoms with E-state index in [-0.39, 0.29) is 51.2 Å². The quantitative estimate of drug-likeness (QED) is 0.0263. The maximum absolute atomic E-state index is 14.1. The third kappa shape index (κ3) is 15.5. The first-order valence-corrected chi connectivity index (χ1v) is 27.5. The summed E-state index contributed by atoms with van der Waals surface area (Å²) in [6.07, 6.45) is 6.82. The van der Waals surface area contributed by atoms with Crippen molar-refractivity contribution in [2.75, 3.05) is 36.1 Å². The molecule has 3 unspecified atom stereocenters. The molecule has 3 atom stereocenters. The van der Waals surface area contributed by atoms with E-state index in [4.69, 9.17) is 73.5 Å². The molecule has 0 bridgehead atoms. The van der Waals surface area contributed by atoms with Gasteiger partial charge in [0, 0.05) is 0 Å². The fourth-order valence-corrected chi connectivity index (χ4v) is 11.1. The average Bonchev–Trinajstić information content (AvgIpc) is 3.20. The van der Waals surface area contributed by atoms with Crippen LogP contribution in [0.2, 0.25) is 20.1 Å². The number of aryl methyl sites for hydroxylation is 1. The fourth-order valence-electron chi connectivity index (χ4n) is 5.42. The van der Waals surface area contributed by atoms with Gasteiger partial charge in [0.1, 0.15) is 23.0 Å². The van der Waals surface area contributed by atoms with Crippen molar-refractivity contribution < 1.29 is 40.8 Å². The van der Waals surface area contributed by atoms with Gasteiger partial charge in [-0.1, -0.05) is 133 Å². The Labute approximate surface area is 376 Å². The van der Waals surface area contributed by atoms with E-state index in [0.29, 0.717) is 53.9 Å². The first kappa shape index (κ1) is 49.2. The fraction of sp³-hybridized carbons (Fsp3) is 0.415. The van der Waals surface area contributed by atoms with Crippen LogP contribution in [0.1, 0.15) is 71.3 Å². The summed E-state index contributed by atoms with van der Waals surface area (Å²) in [5.41, 5.74) is 2.25. The second-order valence-corrected chi connectivity index (χ2v) is 22.6. The summed E-state index contributed by atoms with van der Waals surface area (Å²) in [7, 11) is -10.6. The number of benzene rings is 4. The van der Waals surface area contributed by atoms with Crippen molar-refractivity contribution in [3.05, 3.63) is 105 Å². The number of hydrogen-bond acceptors (Lipinski definition) is 9. The lowest BCUT2D eigenvalue weighted by molar-refractivity contribution is 0.258. The van der Waals surface area contributed by atoms with Gasteiger partial charge in [0.15, 0.2) is 0 Å². The minimum atomic E-state index is -3.82. The highest BCUT2D eigenvalue weighted by molar-refractivity contribution is 14.1. The number of halogens is 5. The van der Waals surface area contributed by atoms with Gasteiger partial charge in [-0.15, -0.1) is 0 Å². The zero-order valence-electron chi connectivity index (χ0n) is 32.8. The van der Waals surface area contributed by atoms with Gasteiger partial charge in [-0.3, -0.25) is 9.05 Å². The van der Waals surface area contributed by atoms with Crippen LogP contribution in [0.4, 0.5) is 0 Å². The molecule has 0 saturated carbocycles. The number of alkyl halides is 1. The largest absolute Gasteiger partial charge is 0.430 e. The van der Waals surface area contributed by atoms with Crippen LogP contribution in [0.5, 0.6) is 23.0 Å². The van der Waals surface area contributed by atoms with Crippen molar-refractivity contribution >= 4 is 91.8 Å². The van der Waals surface area contributed by atoms with E-state index in [9.17, 15) is 13.7 Å². The number of hydrogen-bond donors (Lipinski definition) is 0. The van der Waals surface area contributed by atoms with Crippen LogP contribution < -0.4 is 18.1 Å². The number of unbranched alkanes of at least 4 members (excludes halogenated alkanes) is 4. The lowest BCUT2D eigenvalue weighted by Crippen LogP contribution is -2.05. The summed E-state index contributed by atoms with van der Waals surface area (Å²) < 4.78 is 77.2. The van der Waals surface area contributed by atoms with Gasteiger partial charge in [-0.25, -0.2) is 13.7 Å². The van der Waals surface area contributed by atoms with Crippen LogP contribution in [0.15, 0.2) is 78.9 Å². The smallest absolute Gasteiger partial charge is 0.423 e. The van der Waals surface area contributed by atoms with Gasteiger partial charge in [0.25, 0.3) is 0 Å². The molecule has 0 N–H and O–H groups in total. The van der Waals surface area contributed by atoms with Crippen LogP contribution in [0.3, 0.4) is 0 Å². The molecular weight excluding hydrogens is 998 g/mol. The van der Waals surface area contributed by atoms with Crippen molar-refractivity contribution in [2.24, 2.45) is 0 Å². The summed E-state index contributed by atoms with van der Waals surface area (Å²) >= 11 is 28.3. The Morgan fingerprint density at radius 1 is 0.517 bits per heavy atom. The molecule has 0 aromatic heterocycles. The molecule has 318 valence electrons. The first-order valence-electron chi connectivity index (χ1n) is 19.3. The molecule has 9 nitrogen and oxygen atoms in total. The van der Waals surface area contributed by atoms with Crippen molar-refractivity contribution in [2.45, 2.75) is 72.1 Å². The van der Waals surface area contributed by atoms with Gasteiger partial charge in [-0.2, -0.15) is 0 Å². The summed E-state index contributed by atoms with van der Waals surface area (Å²) in [5, 5.41) is 1.12. The molecule has 0 aliphatic rings. The molecule has 0 fully saturated rings. The molecule has 4 rings (SSSR count). The Kier molecular flexibility index (Phi) is 20.6. The van der Waals surface area contributed by atoms with E-state index in [1.807, 2.05) is 13.0 Å². The minimum absolute atomic E-state index is 0.0233. The molecule has 4 aromatic carbocycles. The van der Waals surface area contributed by atoms with E-state index >= 15 is 0 Å². The van der Waals surface area contributed by atoms with Gasteiger partial charge < -0.3 is 18.1 Å². The van der Waals surface area contributed by atoms with Crippen LogP contribution in [-0.4, -0.2) is 36.1 Å². The van der Waals surface area contributed by atoms with Crippen molar-refractivity contribution in [3.63, 3.8) is 0 Å². The standard InChI is InChI=1S/C41H50Cl4IO9P3/c1-4-7-25-50-56(47,5-2)52-39-23-20-32(29-37(39)45)33-19-22-36(44)41(30-33)55-57(48,6-3)54-40-28-31(18-21-35(40)43)15-11-13-26-51-58(49,27-14-8-12-24-46)53-38-17-10-9-16-34(38)42/h9-10,16-23,28-30H,4-8,11-15,24-27H2,1-3H3. The third-order valence-corrected chi connectivity index (χ3v) is 16.2. The molecule has 58 heavy (non-hydrogen) atoms. The monoisotopic (exact) mass is 1050 g/mol. The van der Waals surface area contributed by atoms with Gasteiger partial charge in [0.2, 0.25) is 0 Å². The maximum Gasteiger partial charge on any atom is 0.430 e. The summed E-state index contributed by atoms with van der Waals surface area (Å²) in [5.74, 6) is 0.942. The van der Waals surface area contributed by atoms with E-state index in [1.54, 1.807) is 86.6 Å². The predicted molar refractivity (Wildman–Crippen MR) is 249 cm³/mol. The average molecular weight is 1050 g/mol. The topological polar surface area (TPSA) is 107 Å². The molecule has 0 saturated heterocycles. The Morgan fingerprint density at radius 2 is 1.09 bits per heavy atom. The highest BCUT2D eigenvalue weighted by Gasteiger charge is 2.30. The zero-order valence-corrected chi connectivity index (χ0v) is 40.7. The molecule has 0 heterocycles.